The Kier molecular flexibility index (Phi) is 8.79. The van der Waals surface area contributed by atoms with Gasteiger partial charge in [0.15, 0.2) is 0 Å². The molecule has 0 N–H and O–H groups in total. The highest BCUT2D eigenvalue weighted by Gasteiger charge is 2.24. The molecule has 10 aromatic rings. The highest BCUT2D eigenvalue weighted by Crippen LogP contribution is 2.50. The summed E-state index contributed by atoms with van der Waals surface area (Å²) in [6.45, 7) is 0. The number of rotatable bonds is 8. The van der Waals surface area contributed by atoms with Crippen LogP contribution in [0, 0.1) is 0 Å². The van der Waals surface area contributed by atoms with Crippen LogP contribution in [0.3, 0.4) is 0 Å². The number of thiophene rings is 1. The minimum Gasteiger partial charge on any atom is -0.309 e. The minimum absolute atomic E-state index is 1.09. The molecule has 0 radical (unpaired) electrons. The normalized spacial score (nSPS) is 11.2. The van der Waals surface area contributed by atoms with Crippen molar-refractivity contribution in [1.82, 2.24) is 0 Å². The summed E-state index contributed by atoms with van der Waals surface area (Å²) in [5, 5.41) is 2.59. The molecular formula is C54H37NS. The molecule has 0 unspecified atom stereocenters. The molecule has 2 heteroatoms. The lowest BCUT2D eigenvalue weighted by atomic mass is 9.89. The number of hydrogen-bond acceptors (Lipinski definition) is 2. The highest BCUT2D eigenvalue weighted by atomic mass is 32.1. The van der Waals surface area contributed by atoms with E-state index in [2.05, 4.69) is 229 Å². The summed E-state index contributed by atoms with van der Waals surface area (Å²) in [5.74, 6) is 0. The first-order chi connectivity index (χ1) is 27.8. The molecule has 9 aromatic carbocycles. The molecule has 0 spiro atoms. The predicted molar refractivity (Wildman–Crippen MR) is 241 cm³/mol. The second-order valence-corrected chi connectivity index (χ2v) is 15.2. The van der Waals surface area contributed by atoms with Crippen molar-refractivity contribution in [1.29, 1.82) is 0 Å². The summed E-state index contributed by atoms with van der Waals surface area (Å²) in [4.78, 5) is 2.48. The number of nitrogens with zero attached hydrogens (tertiary/aromatic N) is 1. The van der Waals surface area contributed by atoms with Crippen LogP contribution >= 0.6 is 11.3 Å². The van der Waals surface area contributed by atoms with E-state index in [-0.39, 0.29) is 0 Å². The number of hydrogen-bond donors (Lipinski definition) is 0. The van der Waals surface area contributed by atoms with Crippen LogP contribution in [0.2, 0.25) is 0 Å². The van der Waals surface area contributed by atoms with Crippen molar-refractivity contribution in [2.45, 2.75) is 0 Å². The molecule has 0 aliphatic carbocycles. The third-order valence-electron chi connectivity index (χ3n) is 10.7. The van der Waals surface area contributed by atoms with Crippen molar-refractivity contribution in [3.63, 3.8) is 0 Å². The van der Waals surface area contributed by atoms with Gasteiger partial charge in [-0.3, -0.25) is 0 Å². The molecule has 10 rings (SSSR count). The largest absolute Gasteiger partial charge is 0.309 e. The Hall–Kier alpha value is -7.00. The molecule has 0 amide bonds. The molecule has 0 fully saturated rings. The fourth-order valence-corrected chi connectivity index (χ4v) is 9.04. The van der Waals surface area contributed by atoms with E-state index >= 15 is 0 Å². The second kappa shape index (κ2) is 14.7. The number of fused-ring (bicyclic) bond motifs is 3. The Balaban J connectivity index is 1.20. The molecule has 0 bridgehead atoms. The Bertz CT molecular complexity index is 2850. The van der Waals surface area contributed by atoms with Crippen LogP contribution in [0.25, 0.3) is 75.8 Å². The van der Waals surface area contributed by atoms with Crippen molar-refractivity contribution in [3.05, 3.63) is 224 Å². The van der Waals surface area contributed by atoms with Gasteiger partial charge >= 0.3 is 0 Å². The maximum atomic E-state index is 2.48. The Morgan fingerprint density at radius 3 is 1.20 bits per heavy atom. The van der Waals surface area contributed by atoms with E-state index in [1.54, 1.807) is 0 Å². The van der Waals surface area contributed by atoms with E-state index in [0.29, 0.717) is 0 Å². The molecule has 0 aliphatic heterocycles. The molecule has 0 atom stereocenters. The molecule has 0 saturated carbocycles. The topological polar surface area (TPSA) is 3.24 Å². The fourth-order valence-electron chi connectivity index (χ4n) is 7.90. The van der Waals surface area contributed by atoms with Crippen LogP contribution in [0.1, 0.15) is 0 Å². The third kappa shape index (κ3) is 6.36. The van der Waals surface area contributed by atoms with Crippen LogP contribution in [-0.4, -0.2) is 0 Å². The fraction of sp³-hybridized carbons (Fsp3) is 0. The summed E-state index contributed by atoms with van der Waals surface area (Å²) >= 11 is 1.86. The van der Waals surface area contributed by atoms with Gasteiger partial charge in [-0.05, 0) is 87.0 Å². The summed E-state index contributed by atoms with van der Waals surface area (Å²) in [7, 11) is 0. The zero-order valence-electron chi connectivity index (χ0n) is 30.7. The molecule has 56 heavy (non-hydrogen) atoms. The Morgan fingerprint density at radius 2 is 0.661 bits per heavy atom. The lowest BCUT2D eigenvalue weighted by Gasteiger charge is -2.31. The Labute approximate surface area is 332 Å². The monoisotopic (exact) mass is 731 g/mol. The van der Waals surface area contributed by atoms with E-state index in [0.717, 1.165) is 17.1 Å². The van der Waals surface area contributed by atoms with Gasteiger partial charge in [0, 0.05) is 42.7 Å². The van der Waals surface area contributed by atoms with Crippen LogP contribution in [0.4, 0.5) is 17.1 Å². The van der Waals surface area contributed by atoms with Gasteiger partial charge in [-0.1, -0.05) is 182 Å². The van der Waals surface area contributed by atoms with Gasteiger partial charge in [-0.25, -0.2) is 0 Å². The average molecular weight is 732 g/mol. The number of benzene rings is 9. The summed E-state index contributed by atoms with van der Waals surface area (Å²) in [5.41, 5.74) is 15.2. The molecule has 1 heterocycles. The summed E-state index contributed by atoms with van der Waals surface area (Å²) in [6.07, 6.45) is 0. The number of anilines is 3. The van der Waals surface area contributed by atoms with Gasteiger partial charge in [0.1, 0.15) is 0 Å². The van der Waals surface area contributed by atoms with Crippen LogP contribution in [-0.2, 0) is 0 Å². The Morgan fingerprint density at radius 1 is 0.268 bits per heavy atom. The van der Waals surface area contributed by atoms with E-state index in [9.17, 15) is 0 Å². The quantitative estimate of drug-likeness (QED) is 0.150. The summed E-state index contributed by atoms with van der Waals surface area (Å²) < 4.78 is 2.57. The minimum atomic E-state index is 1.09. The molecular weight excluding hydrogens is 695 g/mol. The van der Waals surface area contributed by atoms with Crippen molar-refractivity contribution in [3.8, 4) is 55.6 Å². The van der Waals surface area contributed by atoms with E-state index < -0.39 is 0 Å². The van der Waals surface area contributed by atoms with E-state index in [1.165, 1.54) is 75.8 Å². The molecule has 1 aromatic heterocycles. The second-order valence-electron chi connectivity index (χ2n) is 14.1. The zero-order valence-corrected chi connectivity index (χ0v) is 31.5. The highest BCUT2D eigenvalue weighted by molar-refractivity contribution is 7.25. The first kappa shape index (κ1) is 33.6. The van der Waals surface area contributed by atoms with Gasteiger partial charge in [0.25, 0.3) is 0 Å². The van der Waals surface area contributed by atoms with E-state index in [4.69, 9.17) is 0 Å². The third-order valence-corrected chi connectivity index (χ3v) is 11.8. The lowest BCUT2D eigenvalue weighted by Crippen LogP contribution is -2.13. The van der Waals surface area contributed by atoms with Crippen LogP contribution in [0.15, 0.2) is 224 Å². The molecule has 0 aliphatic rings. The van der Waals surface area contributed by atoms with Crippen LogP contribution in [0.5, 0.6) is 0 Å². The smallest absolute Gasteiger partial charge is 0.0618 e. The maximum Gasteiger partial charge on any atom is 0.0618 e. The SMILES string of the molecule is c1ccc(-c2ccc(-c3ccc(N(c4ccc5c(c4)sc4ccccc45)c4c(-c5ccccc5)cc(-c5ccccc5)cc4-c4ccccc4)cc3)cc2)cc1. The van der Waals surface area contributed by atoms with Crippen molar-refractivity contribution in [2.75, 3.05) is 4.90 Å². The zero-order chi connectivity index (χ0) is 37.3. The van der Waals surface area contributed by atoms with Crippen molar-refractivity contribution >= 4 is 48.6 Å². The molecule has 1 nitrogen and oxygen atoms in total. The van der Waals surface area contributed by atoms with Gasteiger partial charge in [-0.15, -0.1) is 11.3 Å². The molecule has 0 saturated heterocycles. The predicted octanol–water partition coefficient (Wildman–Crippen LogP) is 15.9. The summed E-state index contributed by atoms with van der Waals surface area (Å²) in [6, 6.07) is 81.5. The van der Waals surface area contributed by atoms with Crippen molar-refractivity contribution in [2.24, 2.45) is 0 Å². The molecule has 264 valence electrons. The van der Waals surface area contributed by atoms with Gasteiger partial charge in [-0.2, -0.15) is 0 Å². The van der Waals surface area contributed by atoms with Gasteiger partial charge < -0.3 is 4.90 Å². The lowest BCUT2D eigenvalue weighted by molar-refractivity contribution is 1.29. The van der Waals surface area contributed by atoms with E-state index in [1.807, 2.05) is 11.3 Å². The van der Waals surface area contributed by atoms with Crippen LogP contribution < -0.4 is 4.90 Å². The standard InChI is InChI=1S/C54H37NS/c1-5-15-38(16-6-1)40-25-27-41(28-26-40)42-29-31-46(32-30-42)55(47-33-34-49-48-23-13-14-24-52(48)56-53(49)37-47)54-50(43-19-9-3-10-20-43)35-45(39-17-7-2-8-18-39)36-51(54)44-21-11-4-12-22-44/h1-37H. The van der Waals surface area contributed by atoms with Gasteiger partial charge in [0.05, 0.1) is 5.69 Å². The maximum absolute atomic E-state index is 2.48. The van der Waals surface area contributed by atoms with Crippen molar-refractivity contribution < 1.29 is 0 Å². The first-order valence-electron chi connectivity index (χ1n) is 19.1. The average Bonchev–Trinajstić information content (AvgIpc) is 3.66. The first-order valence-corrected chi connectivity index (χ1v) is 19.9. The van der Waals surface area contributed by atoms with Gasteiger partial charge in [0.2, 0.25) is 0 Å².